The monoisotopic (exact) mass is 336 g/mol. The van der Waals surface area contributed by atoms with E-state index in [9.17, 15) is 15.0 Å². The number of nitrogens with two attached hydrogens (primary N) is 1. The van der Waals surface area contributed by atoms with E-state index in [1.807, 2.05) is 23.1 Å². The van der Waals surface area contributed by atoms with Crippen LogP contribution in [-0.2, 0) is 16.0 Å². The van der Waals surface area contributed by atoms with Gasteiger partial charge in [0, 0.05) is 7.11 Å². The predicted molar refractivity (Wildman–Crippen MR) is 91.3 cm³/mol. The van der Waals surface area contributed by atoms with Gasteiger partial charge in [0.15, 0.2) is 0 Å². The average Bonchev–Trinajstić information content (AvgIpc) is 2.85. The van der Waals surface area contributed by atoms with Crippen molar-refractivity contribution in [1.29, 1.82) is 0 Å². The number of hydrogen-bond donors (Lipinski definition) is 3. The number of primary amides is 1. The molecule has 5 atom stereocenters. The third-order valence-electron chi connectivity index (χ3n) is 5.02. The van der Waals surface area contributed by atoms with E-state index in [0.29, 0.717) is 6.54 Å². The van der Waals surface area contributed by atoms with Gasteiger partial charge in [-0.25, -0.2) is 0 Å². The molecule has 1 fully saturated rings. The summed E-state index contributed by atoms with van der Waals surface area (Å²) < 4.78 is 5.42. The van der Waals surface area contributed by atoms with Crippen molar-refractivity contribution < 1.29 is 19.7 Å². The summed E-state index contributed by atoms with van der Waals surface area (Å²) in [6.45, 7) is 2.21. The number of amides is 1. The summed E-state index contributed by atoms with van der Waals surface area (Å²) in [6, 6.07) is 9.35. The molecule has 1 aromatic carbocycles. The first-order valence-electron chi connectivity index (χ1n) is 8.42. The van der Waals surface area contributed by atoms with E-state index in [0.717, 1.165) is 12.8 Å². The third-order valence-corrected chi connectivity index (χ3v) is 5.02. The van der Waals surface area contributed by atoms with Gasteiger partial charge in [-0.2, -0.15) is 0 Å². The van der Waals surface area contributed by atoms with Crippen LogP contribution in [0.1, 0.15) is 18.9 Å². The van der Waals surface area contributed by atoms with E-state index < -0.39 is 30.1 Å². The SMILES string of the molecule is COC1C(O)C(CO)N(CCCc2ccccc2)C1C(C)C(N)=O. The maximum Gasteiger partial charge on any atom is 0.221 e. The number of carbonyl (C=O) groups excluding carboxylic acids is 1. The minimum atomic E-state index is -0.844. The molecule has 0 spiro atoms. The van der Waals surface area contributed by atoms with E-state index in [1.165, 1.54) is 12.7 Å². The van der Waals surface area contributed by atoms with Crippen molar-refractivity contribution in [3.8, 4) is 0 Å². The van der Waals surface area contributed by atoms with E-state index in [2.05, 4.69) is 12.1 Å². The lowest BCUT2D eigenvalue weighted by Crippen LogP contribution is -2.48. The Bertz CT molecular complexity index is 525. The number of likely N-dealkylation sites (tertiary alicyclic amines) is 1. The molecule has 2 rings (SSSR count). The van der Waals surface area contributed by atoms with E-state index in [1.54, 1.807) is 6.92 Å². The van der Waals surface area contributed by atoms with Crippen LogP contribution < -0.4 is 5.73 Å². The van der Waals surface area contributed by atoms with Gasteiger partial charge >= 0.3 is 0 Å². The summed E-state index contributed by atoms with van der Waals surface area (Å²) in [7, 11) is 1.51. The van der Waals surface area contributed by atoms with Crippen LogP contribution in [-0.4, -0.2) is 65.6 Å². The predicted octanol–water partition coefficient (Wildman–Crippen LogP) is 0.162. The number of aliphatic hydroxyl groups is 2. The lowest BCUT2D eigenvalue weighted by molar-refractivity contribution is -0.125. The Balaban J connectivity index is 2.10. The smallest absolute Gasteiger partial charge is 0.221 e. The van der Waals surface area contributed by atoms with Crippen LogP contribution in [0.4, 0.5) is 0 Å². The second-order valence-corrected chi connectivity index (χ2v) is 6.45. The van der Waals surface area contributed by atoms with Gasteiger partial charge in [0.25, 0.3) is 0 Å². The number of carbonyl (C=O) groups is 1. The van der Waals surface area contributed by atoms with Crippen LogP contribution in [0.5, 0.6) is 0 Å². The molecule has 24 heavy (non-hydrogen) atoms. The maximum atomic E-state index is 11.7. The molecule has 1 amide bonds. The van der Waals surface area contributed by atoms with Crippen LogP contribution in [0.25, 0.3) is 0 Å². The van der Waals surface area contributed by atoms with E-state index >= 15 is 0 Å². The summed E-state index contributed by atoms with van der Waals surface area (Å²) in [4.78, 5) is 13.7. The number of nitrogens with zero attached hydrogens (tertiary/aromatic N) is 1. The van der Waals surface area contributed by atoms with Crippen molar-refractivity contribution in [2.45, 2.75) is 44.1 Å². The van der Waals surface area contributed by atoms with E-state index in [-0.39, 0.29) is 12.6 Å². The number of ether oxygens (including phenoxy) is 1. The van der Waals surface area contributed by atoms with Crippen molar-refractivity contribution >= 4 is 5.91 Å². The molecule has 0 radical (unpaired) electrons. The van der Waals surface area contributed by atoms with Crippen LogP contribution >= 0.6 is 0 Å². The lowest BCUT2D eigenvalue weighted by Gasteiger charge is -2.32. The molecule has 134 valence electrons. The first kappa shape index (κ1) is 18.9. The largest absolute Gasteiger partial charge is 0.395 e. The Morgan fingerprint density at radius 3 is 2.58 bits per heavy atom. The van der Waals surface area contributed by atoms with Gasteiger partial charge in [-0.15, -0.1) is 0 Å². The zero-order valence-corrected chi connectivity index (χ0v) is 14.3. The molecule has 0 aliphatic carbocycles. The number of benzene rings is 1. The molecule has 1 aliphatic rings. The van der Waals surface area contributed by atoms with Gasteiger partial charge in [-0.3, -0.25) is 9.69 Å². The molecule has 1 aliphatic heterocycles. The molecule has 6 heteroatoms. The summed E-state index contributed by atoms with van der Waals surface area (Å²) in [5.74, 6) is -0.904. The summed E-state index contributed by atoms with van der Waals surface area (Å²) in [5, 5.41) is 20.2. The maximum absolute atomic E-state index is 11.7. The Morgan fingerprint density at radius 1 is 1.38 bits per heavy atom. The Morgan fingerprint density at radius 2 is 2.04 bits per heavy atom. The number of aryl methyl sites for hydroxylation is 1. The average molecular weight is 336 g/mol. The highest BCUT2D eigenvalue weighted by atomic mass is 16.5. The van der Waals surface area contributed by atoms with Gasteiger partial charge in [0.1, 0.15) is 6.10 Å². The lowest BCUT2D eigenvalue weighted by atomic mass is 9.95. The first-order chi connectivity index (χ1) is 11.5. The summed E-state index contributed by atoms with van der Waals surface area (Å²) >= 11 is 0. The number of methoxy groups -OCH3 is 1. The van der Waals surface area contributed by atoms with Gasteiger partial charge in [-0.05, 0) is 24.9 Å². The molecule has 1 heterocycles. The standard InChI is InChI=1S/C18H28N2O4/c1-12(18(19)23)15-17(24-2)16(22)14(11-21)20(15)10-6-9-13-7-4-3-5-8-13/h3-5,7-8,12,14-17,21-22H,6,9-11H2,1-2H3,(H2,19,23). The highest BCUT2D eigenvalue weighted by molar-refractivity contribution is 5.77. The van der Waals surface area contributed by atoms with Gasteiger partial charge in [-0.1, -0.05) is 37.3 Å². The second-order valence-electron chi connectivity index (χ2n) is 6.45. The molecule has 5 unspecified atom stereocenters. The normalized spacial score (nSPS) is 28.8. The van der Waals surface area contributed by atoms with E-state index in [4.69, 9.17) is 10.5 Å². The van der Waals surface area contributed by atoms with Crippen molar-refractivity contribution in [3.63, 3.8) is 0 Å². The number of aliphatic hydroxyl groups excluding tert-OH is 2. The zero-order valence-electron chi connectivity index (χ0n) is 14.3. The molecular formula is C18H28N2O4. The van der Waals surface area contributed by atoms with Crippen molar-refractivity contribution in [3.05, 3.63) is 35.9 Å². The Hall–Kier alpha value is -1.47. The summed E-state index contributed by atoms with van der Waals surface area (Å²) in [5.41, 5.74) is 6.72. The molecule has 0 bridgehead atoms. The number of rotatable bonds is 8. The fourth-order valence-corrected chi connectivity index (χ4v) is 3.68. The molecule has 0 aromatic heterocycles. The fourth-order valence-electron chi connectivity index (χ4n) is 3.68. The quantitative estimate of drug-likeness (QED) is 0.628. The molecule has 1 saturated heterocycles. The van der Waals surface area contributed by atoms with Crippen LogP contribution in [0.2, 0.25) is 0 Å². The Labute approximate surface area is 143 Å². The first-order valence-corrected chi connectivity index (χ1v) is 8.42. The molecule has 4 N–H and O–H groups in total. The minimum Gasteiger partial charge on any atom is -0.395 e. The van der Waals surface area contributed by atoms with Gasteiger partial charge in [0.05, 0.1) is 30.7 Å². The molecule has 1 aromatic rings. The highest BCUT2D eigenvalue weighted by Crippen LogP contribution is 2.32. The Kier molecular flexibility index (Phi) is 6.74. The van der Waals surface area contributed by atoms with Crippen molar-refractivity contribution in [1.82, 2.24) is 4.90 Å². The molecule has 6 nitrogen and oxygen atoms in total. The number of hydrogen-bond acceptors (Lipinski definition) is 5. The highest BCUT2D eigenvalue weighted by Gasteiger charge is 2.51. The van der Waals surface area contributed by atoms with Crippen molar-refractivity contribution in [2.24, 2.45) is 11.7 Å². The molecule has 0 saturated carbocycles. The molecular weight excluding hydrogens is 308 g/mol. The zero-order chi connectivity index (χ0) is 17.7. The van der Waals surface area contributed by atoms with Crippen LogP contribution in [0.3, 0.4) is 0 Å². The van der Waals surface area contributed by atoms with Gasteiger partial charge < -0.3 is 20.7 Å². The van der Waals surface area contributed by atoms with Crippen LogP contribution in [0, 0.1) is 5.92 Å². The minimum absolute atomic E-state index is 0.186. The van der Waals surface area contributed by atoms with Crippen LogP contribution in [0.15, 0.2) is 30.3 Å². The van der Waals surface area contributed by atoms with Gasteiger partial charge in [0.2, 0.25) is 5.91 Å². The summed E-state index contributed by atoms with van der Waals surface area (Å²) in [6.07, 6.45) is 0.358. The van der Waals surface area contributed by atoms with Crippen molar-refractivity contribution in [2.75, 3.05) is 20.3 Å². The second kappa shape index (κ2) is 8.58. The fraction of sp³-hybridized carbons (Fsp3) is 0.611. The topological polar surface area (TPSA) is 96.0 Å². The third kappa shape index (κ3) is 3.95.